The molecular weight excluding hydrogens is 388 g/mol. The number of likely N-dealkylation sites (tertiary alicyclic amines) is 1. The zero-order chi connectivity index (χ0) is 21.7. The molecule has 2 aromatic rings. The number of hydrogen-bond donors (Lipinski definition) is 0. The van der Waals surface area contributed by atoms with Crippen molar-refractivity contribution < 1.29 is 14.3 Å². The van der Waals surface area contributed by atoms with Crippen LogP contribution in [-0.2, 0) is 20.7 Å². The molecule has 0 bridgehead atoms. The summed E-state index contributed by atoms with van der Waals surface area (Å²) in [6.45, 7) is 4.64. The zero-order valence-electron chi connectivity index (χ0n) is 18.3. The average molecular weight is 421 g/mol. The van der Waals surface area contributed by atoms with Gasteiger partial charge in [-0.05, 0) is 56.7 Å². The molecule has 2 fully saturated rings. The minimum Gasteiger partial charge on any atom is -0.464 e. The first-order valence-electron chi connectivity index (χ1n) is 11.5. The lowest BCUT2D eigenvalue weighted by molar-refractivity contribution is -0.153. The van der Waals surface area contributed by atoms with E-state index in [1.165, 1.54) is 5.56 Å². The highest BCUT2D eigenvalue weighted by Gasteiger charge is 2.52. The third-order valence-corrected chi connectivity index (χ3v) is 6.49. The topological polar surface area (TPSA) is 49.9 Å². The van der Waals surface area contributed by atoms with Crippen LogP contribution in [0.2, 0.25) is 0 Å². The Kier molecular flexibility index (Phi) is 6.71. The molecule has 5 heteroatoms. The molecule has 0 spiro atoms. The number of carbonyl (C=O) groups is 2. The number of anilines is 1. The molecule has 31 heavy (non-hydrogen) atoms. The number of hydrogen-bond acceptors (Lipinski definition) is 4. The molecule has 1 saturated carbocycles. The van der Waals surface area contributed by atoms with Crippen molar-refractivity contribution >= 4 is 17.6 Å². The molecule has 2 aliphatic rings. The first-order chi connectivity index (χ1) is 15.1. The Morgan fingerprint density at radius 2 is 1.61 bits per heavy atom. The Morgan fingerprint density at radius 1 is 1.00 bits per heavy atom. The summed E-state index contributed by atoms with van der Waals surface area (Å²) in [5.41, 5.74) is 1.19. The maximum absolute atomic E-state index is 13.4. The van der Waals surface area contributed by atoms with E-state index in [2.05, 4.69) is 29.2 Å². The third kappa shape index (κ3) is 4.82. The summed E-state index contributed by atoms with van der Waals surface area (Å²) < 4.78 is 5.55. The maximum Gasteiger partial charge on any atom is 0.332 e. The number of amides is 1. The highest BCUT2D eigenvalue weighted by atomic mass is 16.5. The first-order valence-corrected chi connectivity index (χ1v) is 11.5. The Bertz CT molecular complexity index is 872. The second-order valence-electron chi connectivity index (χ2n) is 8.61. The SMILES string of the molecule is CCOC(=O)C1(N(C(=O)C2CC2)c2ccccc2)CCN(CCc2ccccc2)CC1. The Labute approximate surface area is 185 Å². The summed E-state index contributed by atoms with van der Waals surface area (Å²) in [5.74, 6) is -0.171. The monoisotopic (exact) mass is 420 g/mol. The van der Waals surface area contributed by atoms with Gasteiger partial charge in [0, 0.05) is 31.2 Å². The Morgan fingerprint density at radius 3 is 2.19 bits per heavy atom. The van der Waals surface area contributed by atoms with Gasteiger partial charge in [-0.3, -0.25) is 9.69 Å². The summed E-state index contributed by atoms with van der Waals surface area (Å²) in [4.78, 5) is 30.9. The van der Waals surface area contributed by atoms with Crippen LogP contribution >= 0.6 is 0 Å². The molecule has 1 aliphatic carbocycles. The van der Waals surface area contributed by atoms with E-state index in [0.29, 0.717) is 19.4 Å². The summed E-state index contributed by atoms with van der Waals surface area (Å²) in [5, 5.41) is 0. The number of esters is 1. The van der Waals surface area contributed by atoms with Gasteiger partial charge in [0.15, 0.2) is 0 Å². The van der Waals surface area contributed by atoms with Crippen molar-refractivity contribution in [2.45, 2.75) is 44.6 Å². The van der Waals surface area contributed by atoms with Gasteiger partial charge in [0.05, 0.1) is 6.61 Å². The van der Waals surface area contributed by atoms with Crippen molar-refractivity contribution in [3.8, 4) is 0 Å². The van der Waals surface area contributed by atoms with Gasteiger partial charge in [-0.1, -0.05) is 48.5 Å². The van der Waals surface area contributed by atoms with Gasteiger partial charge < -0.3 is 9.64 Å². The van der Waals surface area contributed by atoms with Crippen LogP contribution in [0, 0.1) is 5.92 Å². The molecule has 1 saturated heterocycles. The number of piperidine rings is 1. The molecule has 0 radical (unpaired) electrons. The van der Waals surface area contributed by atoms with Gasteiger partial charge in [0.25, 0.3) is 0 Å². The summed E-state index contributed by atoms with van der Waals surface area (Å²) >= 11 is 0. The van der Waals surface area contributed by atoms with Crippen LogP contribution in [0.1, 0.15) is 38.2 Å². The van der Waals surface area contributed by atoms with Crippen molar-refractivity contribution in [1.82, 2.24) is 4.90 Å². The summed E-state index contributed by atoms with van der Waals surface area (Å²) in [6, 6.07) is 20.1. The second-order valence-corrected chi connectivity index (χ2v) is 8.61. The molecule has 0 unspecified atom stereocenters. The Hall–Kier alpha value is -2.66. The van der Waals surface area contributed by atoms with Gasteiger partial charge in [0.2, 0.25) is 5.91 Å². The minimum absolute atomic E-state index is 0.0302. The zero-order valence-corrected chi connectivity index (χ0v) is 18.3. The lowest BCUT2D eigenvalue weighted by Gasteiger charge is -2.46. The fourth-order valence-electron chi connectivity index (χ4n) is 4.54. The van der Waals surface area contributed by atoms with Crippen LogP contribution in [0.25, 0.3) is 0 Å². The molecule has 0 atom stereocenters. The number of para-hydroxylation sites is 1. The standard InChI is InChI=1S/C26H32N2O3/c1-2-31-25(30)26(28(24(29)22-13-14-22)23-11-7-4-8-12-23)16-19-27(20-17-26)18-15-21-9-5-3-6-10-21/h3-12,22H,2,13-20H2,1H3. The molecule has 1 amide bonds. The smallest absolute Gasteiger partial charge is 0.332 e. The van der Waals surface area contributed by atoms with Crippen LogP contribution in [-0.4, -0.2) is 48.6 Å². The predicted octanol–water partition coefficient (Wildman–Crippen LogP) is 4.07. The van der Waals surface area contributed by atoms with Crippen molar-refractivity contribution in [1.29, 1.82) is 0 Å². The Balaban J connectivity index is 1.55. The molecule has 5 nitrogen and oxygen atoms in total. The van der Waals surface area contributed by atoms with E-state index < -0.39 is 5.54 Å². The lowest BCUT2D eigenvalue weighted by Crippen LogP contribution is -2.63. The van der Waals surface area contributed by atoms with Crippen molar-refractivity contribution in [2.75, 3.05) is 31.1 Å². The molecular formula is C26H32N2O3. The third-order valence-electron chi connectivity index (χ3n) is 6.49. The largest absolute Gasteiger partial charge is 0.464 e. The average Bonchev–Trinajstić information content (AvgIpc) is 3.66. The van der Waals surface area contributed by atoms with Gasteiger partial charge in [0.1, 0.15) is 5.54 Å². The van der Waals surface area contributed by atoms with Crippen LogP contribution in [0.4, 0.5) is 5.69 Å². The second kappa shape index (κ2) is 9.65. The highest BCUT2D eigenvalue weighted by Crippen LogP contribution is 2.40. The lowest BCUT2D eigenvalue weighted by atomic mass is 9.84. The van der Waals surface area contributed by atoms with Crippen LogP contribution in [0.15, 0.2) is 60.7 Å². The summed E-state index contributed by atoms with van der Waals surface area (Å²) in [6.07, 6.45) is 3.98. The molecule has 1 heterocycles. The molecule has 0 N–H and O–H groups in total. The van der Waals surface area contributed by atoms with Crippen molar-refractivity contribution in [3.05, 3.63) is 66.2 Å². The number of carbonyl (C=O) groups excluding carboxylic acids is 2. The fraction of sp³-hybridized carbons (Fsp3) is 0.462. The quantitative estimate of drug-likeness (QED) is 0.604. The van der Waals surface area contributed by atoms with E-state index in [9.17, 15) is 9.59 Å². The van der Waals surface area contributed by atoms with Crippen molar-refractivity contribution in [2.24, 2.45) is 5.92 Å². The number of benzene rings is 2. The first kappa shape index (κ1) is 21.6. The molecule has 0 aromatic heterocycles. The predicted molar refractivity (Wildman–Crippen MR) is 122 cm³/mol. The van der Waals surface area contributed by atoms with E-state index in [1.807, 2.05) is 43.3 Å². The van der Waals surface area contributed by atoms with Crippen molar-refractivity contribution in [3.63, 3.8) is 0 Å². The van der Waals surface area contributed by atoms with Crippen LogP contribution < -0.4 is 4.90 Å². The highest BCUT2D eigenvalue weighted by molar-refractivity contribution is 6.04. The molecule has 1 aliphatic heterocycles. The van der Waals surface area contributed by atoms with Gasteiger partial charge >= 0.3 is 5.97 Å². The molecule has 4 rings (SSSR count). The van der Waals surface area contributed by atoms with Gasteiger partial charge in [-0.25, -0.2) is 4.79 Å². The summed E-state index contributed by atoms with van der Waals surface area (Å²) in [7, 11) is 0. The van der Waals surface area contributed by atoms with E-state index in [4.69, 9.17) is 4.74 Å². The van der Waals surface area contributed by atoms with Gasteiger partial charge in [-0.2, -0.15) is 0 Å². The maximum atomic E-state index is 13.4. The van der Waals surface area contributed by atoms with E-state index >= 15 is 0 Å². The number of ether oxygens (including phenoxy) is 1. The van der Waals surface area contributed by atoms with Crippen LogP contribution in [0.3, 0.4) is 0 Å². The van der Waals surface area contributed by atoms with Crippen LogP contribution in [0.5, 0.6) is 0 Å². The van der Waals surface area contributed by atoms with E-state index in [-0.39, 0.29) is 17.8 Å². The minimum atomic E-state index is -0.930. The normalized spacial score (nSPS) is 18.4. The van der Waals surface area contributed by atoms with E-state index in [1.54, 1.807) is 4.90 Å². The molecule has 164 valence electrons. The fourth-order valence-corrected chi connectivity index (χ4v) is 4.54. The molecule has 2 aromatic carbocycles. The number of nitrogens with zero attached hydrogens (tertiary/aromatic N) is 2. The number of rotatable bonds is 8. The van der Waals surface area contributed by atoms with Gasteiger partial charge in [-0.15, -0.1) is 0 Å². The van der Waals surface area contributed by atoms with E-state index in [0.717, 1.165) is 44.6 Å².